The highest BCUT2D eigenvalue weighted by Gasteiger charge is 2.25. The summed E-state index contributed by atoms with van der Waals surface area (Å²) < 4.78 is 2.17. The normalized spacial score (nSPS) is 11.2. The molecule has 4 heteroatoms. The lowest BCUT2D eigenvalue weighted by Crippen LogP contribution is -2.10. The molecule has 8 aromatic carbocycles. The molecule has 4 nitrogen and oxygen atoms in total. The molecule has 1 aromatic heterocycles. The van der Waals surface area contributed by atoms with Crippen molar-refractivity contribution in [2.75, 3.05) is 4.90 Å². The number of hydrogen-bond acceptors (Lipinski definition) is 3. The molecule has 1 heterocycles. The molecule has 1 N–H and O–H groups in total. The van der Waals surface area contributed by atoms with Crippen molar-refractivity contribution in [1.82, 2.24) is 9.55 Å². The van der Waals surface area contributed by atoms with Crippen molar-refractivity contribution in [3.8, 4) is 45.3 Å². The fourth-order valence-corrected chi connectivity index (χ4v) is 7.01. The summed E-state index contributed by atoms with van der Waals surface area (Å²) >= 11 is 0. The minimum absolute atomic E-state index is 0.150. The van der Waals surface area contributed by atoms with Crippen LogP contribution < -0.4 is 4.90 Å². The molecule has 0 amide bonds. The zero-order chi connectivity index (χ0) is 34.1. The summed E-state index contributed by atoms with van der Waals surface area (Å²) in [7, 11) is 0. The van der Waals surface area contributed by atoms with Crippen LogP contribution in [0.5, 0.6) is 5.75 Å². The van der Waals surface area contributed by atoms with E-state index < -0.39 is 0 Å². The molecule has 0 bridgehead atoms. The molecular weight excluding hydrogens is 623 g/mol. The Balaban J connectivity index is 1.31. The van der Waals surface area contributed by atoms with Gasteiger partial charge in [0, 0.05) is 33.9 Å². The van der Waals surface area contributed by atoms with Gasteiger partial charge in [0.15, 0.2) is 0 Å². The first-order valence-electron chi connectivity index (χ1n) is 17.1. The number of aromatic nitrogens is 2. The number of anilines is 3. The number of benzene rings is 8. The van der Waals surface area contributed by atoms with Crippen molar-refractivity contribution in [2.45, 2.75) is 0 Å². The predicted octanol–water partition coefficient (Wildman–Crippen LogP) is 12.4. The van der Waals surface area contributed by atoms with Gasteiger partial charge >= 0.3 is 0 Å². The van der Waals surface area contributed by atoms with Gasteiger partial charge in [-0.1, -0.05) is 140 Å². The van der Waals surface area contributed by atoms with E-state index in [2.05, 4.69) is 149 Å². The first-order chi connectivity index (χ1) is 25.2. The number of phenolic OH excluding ortho intramolecular Hbond substituents is 1. The van der Waals surface area contributed by atoms with Crippen molar-refractivity contribution in [2.24, 2.45) is 0 Å². The maximum absolute atomic E-state index is 11.7. The Hall–Kier alpha value is -6.91. The lowest BCUT2D eigenvalue weighted by Gasteiger charge is -2.27. The van der Waals surface area contributed by atoms with E-state index in [9.17, 15) is 5.11 Å². The number of nitrogens with zero attached hydrogens (tertiary/aromatic N) is 3. The van der Waals surface area contributed by atoms with Crippen LogP contribution in [-0.4, -0.2) is 14.7 Å². The van der Waals surface area contributed by atoms with Crippen LogP contribution in [0.2, 0.25) is 0 Å². The van der Waals surface area contributed by atoms with E-state index in [0.717, 1.165) is 56.0 Å². The Kier molecular flexibility index (Phi) is 7.60. The second kappa shape index (κ2) is 12.8. The summed E-state index contributed by atoms with van der Waals surface area (Å²) in [5, 5.41) is 16.4. The van der Waals surface area contributed by atoms with Crippen molar-refractivity contribution in [1.29, 1.82) is 0 Å². The van der Waals surface area contributed by atoms with E-state index in [-0.39, 0.29) is 5.75 Å². The molecule has 0 aliphatic carbocycles. The highest BCUT2D eigenvalue weighted by Crippen LogP contribution is 2.44. The summed E-state index contributed by atoms with van der Waals surface area (Å²) in [6, 6.07) is 66.7. The first kappa shape index (κ1) is 30.2. The number of aromatic hydroxyl groups is 1. The monoisotopic (exact) mass is 655 g/mol. The number of para-hydroxylation sites is 1. The van der Waals surface area contributed by atoms with Gasteiger partial charge in [-0.25, -0.2) is 4.98 Å². The maximum atomic E-state index is 11.7. The van der Waals surface area contributed by atoms with Crippen molar-refractivity contribution < 1.29 is 5.11 Å². The van der Waals surface area contributed by atoms with Crippen LogP contribution in [-0.2, 0) is 0 Å². The van der Waals surface area contributed by atoms with Crippen molar-refractivity contribution >= 4 is 38.6 Å². The zero-order valence-electron chi connectivity index (χ0n) is 27.8. The van der Waals surface area contributed by atoms with Gasteiger partial charge in [-0.05, 0) is 76.1 Å². The zero-order valence-corrected chi connectivity index (χ0v) is 27.8. The van der Waals surface area contributed by atoms with Gasteiger partial charge in [-0.2, -0.15) is 0 Å². The van der Waals surface area contributed by atoms with Crippen LogP contribution in [0.25, 0.3) is 61.1 Å². The summed E-state index contributed by atoms with van der Waals surface area (Å²) in [6.45, 7) is 0. The number of imidazole rings is 1. The molecule has 0 aliphatic heterocycles. The molecule has 0 saturated carbocycles. The summed E-state index contributed by atoms with van der Waals surface area (Å²) in [4.78, 5) is 7.63. The fraction of sp³-hybridized carbons (Fsp3) is 0. The molecule has 0 aliphatic rings. The molecule has 242 valence electrons. The molecule has 9 aromatic rings. The number of phenols is 1. The number of fused-ring (bicyclic) bond motifs is 2. The average molecular weight is 656 g/mol. The second-order valence-corrected chi connectivity index (χ2v) is 12.6. The molecule has 0 atom stereocenters. The first-order valence-corrected chi connectivity index (χ1v) is 17.1. The lowest BCUT2D eigenvalue weighted by molar-refractivity contribution is 0.477. The van der Waals surface area contributed by atoms with Crippen LogP contribution >= 0.6 is 0 Å². The Morgan fingerprint density at radius 1 is 0.431 bits per heavy atom. The lowest BCUT2D eigenvalue weighted by atomic mass is 10.0. The van der Waals surface area contributed by atoms with E-state index in [4.69, 9.17) is 4.98 Å². The summed E-state index contributed by atoms with van der Waals surface area (Å²) in [5.74, 6) is 0.798. The van der Waals surface area contributed by atoms with Crippen molar-refractivity contribution in [3.63, 3.8) is 0 Å². The van der Waals surface area contributed by atoms with E-state index in [0.29, 0.717) is 11.4 Å². The van der Waals surface area contributed by atoms with Gasteiger partial charge in [0.1, 0.15) is 11.6 Å². The Labute approximate surface area is 296 Å². The topological polar surface area (TPSA) is 41.3 Å². The fourth-order valence-electron chi connectivity index (χ4n) is 7.01. The third-order valence-corrected chi connectivity index (χ3v) is 9.45. The van der Waals surface area contributed by atoms with E-state index in [1.54, 1.807) is 6.07 Å². The van der Waals surface area contributed by atoms with Gasteiger partial charge in [0.05, 0.1) is 17.0 Å². The van der Waals surface area contributed by atoms with E-state index in [1.807, 2.05) is 48.5 Å². The summed E-state index contributed by atoms with van der Waals surface area (Å²) in [5.41, 5.74) is 8.33. The molecule has 0 radical (unpaired) electrons. The molecular formula is C47H33N3O. The second-order valence-electron chi connectivity index (χ2n) is 12.6. The maximum Gasteiger partial charge on any atom is 0.149 e. The van der Waals surface area contributed by atoms with Crippen LogP contribution in [0.1, 0.15) is 0 Å². The van der Waals surface area contributed by atoms with Gasteiger partial charge in [0.2, 0.25) is 0 Å². The standard InChI is InChI=1S/C47H33N3O/c51-44-29-28-42(49(40-26-24-33-14-10-12-20-37(33)30-40)41-27-25-34-15-11-13-21-38(34)31-41)32-43(44)47-48-45(35-16-4-1-5-17-35)46(36-18-6-2-7-19-36)50(47)39-22-8-3-9-23-39/h1-32,51H. The Morgan fingerprint density at radius 3 is 1.49 bits per heavy atom. The molecule has 0 unspecified atom stereocenters. The van der Waals surface area contributed by atoms with E-state index >= 15 is 0 Å². The van der Waals surface area contributed by atoms with Gasteiger partial charge in [-0.3, -0.25) is 4.57 Å². The largest absolute Gasteiger partial charge is 0.507 e. The van der Waals surface area contributed by atoms with Crippen molar-refractivity contribution in [3.05, 3.63) is 194 Å². The highest BCUT2D eigenvalue weighted by atomic mass is 16.3. The van der Waals surface area contributed by atoms with Crippen LogP contribution in [0.3, 0.4) is 0 Å². The third-order valence-electron chi connectivity index (χ3n) is 9.45. The quantitative estimate of drug-likeness (QED) is 0.186. The molecule has 9 rings (SSSR count). The van der Waals surface area contributed by atoms with Gasteiger partial charge in [-0.15, -0.1) is 0 Å². The third kappa shape index (κ3) is 5.59. The predicted molar refractivity (Wildman–Crippen MR) is 211 cm³/mol. The Morgan fingerprint density at radius 2 is 0.902 bits per heavy atom. The minimum atomic E-state index is 0.150. The SMILES string of the molecule is Oc1ccc(N(c2ccc3ccccc3c2)c2ccc3ccccc3c2)cc1-c1nc(-c2ccccc2)c(-c2ccccc2)n1-c1ccccc1. The smallest absolute Gasteiger partial charge is 0.149 e. The molecule has 51 heavy (non-hydrogen) atoms. The van der Waals surface area contributed by atoms with Crippen LogP contribution in [0, 0.1) is 0 Å². The average Bonchev–Trinajstić information content (AvgIpc) is 3.60. The molecule has 0 spiro atoms. The van der Waals surface area contributed by atoms with Gasteiger partial charge < -0.3 is 10.0 Å². The van der Waals surface area contributed by atoms with Crippen LogP contribution in [0.4, 0.5) is 17.1 Å². The Bertz CT molecular complexity index is 2570. The minimum Gasteiger partial charge on any atom is -0.507 e. The van der Waals surface area contributed by atoms with Crippen LogP contribution in [0.15, 0.2) is 194 Å². The summed E-state index contributed by atoms with van der Waals surface area (Å²) in [6.07, 6.45) is 0. The number of rotatable bonds is 7. The van der Waals surface area contributed by atoms with Gasteiger partial charge in [0.25, 0.3) is 0 Å². The molecule has 0 saturated heterocycles. The highest BCUT2D eigenvalue weighted by molar-refractivity contribution is 5.94. The molecule has 0 fully saturated rings. The number of hydrogen-bond donors (Lipinski definition) is 1. The van der Waals surface area contributed by atoms with E-state index in [1.165, 1.54) is 10.8 Å².